The number of hydrogen-bond donors (Lipinski definition) is 1. The van der Waals surface area contributed by atoms with E-state index in [1.807, 2.05) is 0 Å². The van der Waals surface area contributed by atoms with Crippen LogP contribution in [-0.2, 0) is 0 Å². The second kappa shape index (κ2) is 6.93. The fraction of sp³-hybridized carbons (Fsp3) is 0.0714. The number of ether oxygens (including phenoxy) is 1. The molecule has 0 aliphatic carbocycles. The number of rotatable bonds is 5. The first-order chi connectivity index (χ1) is 10.6. The molecule has 0 saturated carbocycles. The number of carbonyl (C=O) groups excluding carboxylic acids is 1. The highest BCUT2D eigenvalue weighted by Gasteiger charge is 2.14. The van der Waals surface area contributed by atoms with Gasteiger partial charge in [-0.15, -0.1) is 0 Å². The van der Waals surface area contributed by atoms with Crippen molar-refractivity contribution >= 4 is 17.8 Å². The number of nitro groups is 1. The predicted molar refractivity (Wildman–Crippen MR) is 78.9 cm³/mol. The van der Waals surface area contributed by atoms with Crippen LogP contribution in [0.15, 0.2) is 47.7 Å². The van der Waals surface area contributed by atoms with Crippen LogP contribution in [0, 0.1) is 10.1 Å². The molecule has 1 heterocycles. The maximum absolute atomic E-state index is 11.7. The second-order valence-corrected chi connectivity index (χ2v) is 4.10. The van der Waals surface area contributed by atoms with E-state index >= 15 is 0 Å². The first kappa shape index (κ1) is 15.1. The standard InChI is InChI=1S/C14H12N4O4/c1-22-13-6-5-10(8-12(13)18(20)21)9-16-17-14(19)11-4-2-3-7-15-11/h2-9H,1H3,(H,17,19). The molecule has 0 bridgehead atoms. The number of nitro benzene ring substituents is 1. The summed E-state index contributed by atoms with van der Waals surface area (Å²) in [7, 11) is 1.35. The zero-order chi connectivity index (χ0) is 15.9. The summed E-state index contributed by atoms with van der Waals surface area (Å²) in [5.74, 6) is -0.320. The number of aromatic nitrogens is 1. The van der Waals surface area contributed by atoms with Crippen LogP contribution in [0.25, 0.3) is 0 Å². The summed E-state index contributed by atoms with van der Waals surface area (Å²) < 4.78 is 4.90. The summed E-state index contributed by atoms with van der Waals surface area (Å²) in [6, 6.07) is 9.26. The van der Waals surface area contributed by atoms with Gasteiger partial charge < -0.3 is 4.74 Å². The van der Waals surface area contributed by atoms with Gasteiger partial charge in [-0.25, -0.2) is 5.43 Å². The highest BCUT2D eigenvalue weighted by molar-refractivity contribution is 5.93. The van der Waals surface area contributed by atoms with Crippen molar-refractivity contribution in [3.8, 4) is 5.75 Å². The molecular weight excluding hydrogens is 288 g/mol. The fourth-order valence-corrected chi connectivity index (χ4v) is 1.65. The van der Waals surface area contributed by atoms with Gasteiger partial charge in [0.05, 0.1) is 18.2 Å². The van der Waals surface area contributed by atoms with Gasteiger partial charge in [-0.2, -0.15) is 5.10 Å². The lowest BCUT2D eigenvalue weighted by Gasteiger charge is -2.02. The minimum absolute atomic E-state index is 0.152. The maximum Gasteiger partial charge on any atom is 0.311 e. The molecule has 0 spiro atoms. The lowest BCUT2D eigenvalue weighted by atomic mass is 10.2. The van der Waals surface area contributed by atoms with E-state index in [0.717, 1.165) is 0 Å². The highest BCUT2D eigenvalue weighted by atomic mass is 16.6. The van der Waals surface area contributed by atoms with Crippen molar-refractivity contribution in [3.63, 3.8) is 0 Å². The lowest BCUT2D eigenvalue weighted by molar-refractivity contribution is -0.385. The van der Waals surface area contributed by atoms with Gasteiger partial charge in [0.2, 0.25) is 0 Å². The van der Waals surface area contributed by atoms with Crippen molar-refractivity contribution < 1.29 is 14.5 Å². The Morgan fingerprint density at radius 1 is 1.41 bits per heavy atom. The van der Waals surface area contributed by atoms with E-state index in [1.165, 1.54) is 31.7 Å². The van der Waals surface area contributed by atoms with Crippen LogP contribution >= 0.6 is 0 Å². The predicted octanol–water partition coefficient (Wildman–Crippen LogP) is 1.76. The Bertz CT molecular complexity index is 716. The number of nitrogens with zero attached hydrogens (tertiary/aromatic N) is 3. The monoisotopic (exact) mass is 300 g/mol. The van der Waals surface area contributed by atoms with Crippen molar-refractivity contribution in [1.29, 1.82) is 0 Å². The molecule has 0 atom stereocenters. The molecule has 0 aliphatic rings. The molecule has 1 aromatic heterocycles. The average molecular weight is 300 g/mol. The van der Waals surface area contributed by atoms with Gasteiger partial charge in [-0.3, -0.25) is 19.9 Å². The molecule has 22 heavy (non-hydrogen) atoms. The summed E-state index contributed by atoms with van der Waals surface area (Å²) >= 11 is 0. The molecule has 0 saturated heterocycles. The van der Waals surface area contributed by atoms with Gasteiger partial charge in [0.1, 0.15) is 5.69 Å². The van der Waals surface area contributed by atoms with E-state index < -0.39 is 10.8 Å². The van der Waals surface area contributed by atoms with Gasteiger partial charge in [-0.05, 0) is 24.3 Å². The minimum Gasteiger partial charge on any atom is -0.490 e. The number of amides is 1. The third-order valence-electron chi connectivity index (χ3n) is 2.68. The summed E-state index contributed by atoms with van der Waals surface area (Å²) in [4.78, 5) is 25.9. The Morgan fingerprint density at radius 2 is 2.23 bits per heavy atom. The maximum atomic E-state index is 11.7. The van der Waals surface area contributed by atoms with Gasteiger partial charge in [0, 0.05) is 17.8 Å². The summed E-state index contributed by atoms with van der Waals surface area (Å²) in [5.41, 5.74) is 2.79. The van der Waals surface area contributed by atoms with Gasteiger partial charge in [-0.1, -0.05) is 6.07 Å². The summed E-state index contributed by atoms with van der Waals surface area (Å²) in [6.45, 7) is 0. The van der Waals surface area contributed by atoms with Crippen LogP contribution in [-0.4, -0.2) is 29.1 Å². The van der Waals surface area contributed by atoms with Crippen LogP contribution in [0.1, 0.15) is 16.1 Å². The van der Waals surface area contributed by atoms with Crippen molar-refractivity contribution in [2.75, 3.05) is 7.11 Å². The summed E-state index contributed by atoms with van der Waals surface area (Å²) in [6.07, 6.45) is 2.79. The van der Waals surface area contributed by atoms with E-state index in [4.69, 9.17) is 4.74 Å². The quantitative estimate of drug-likeness (QED) is 0.514. The third-order valence-corrected chi connectivity index (χ3v) is 2.68. The molecule has 8 nitrogen and oxygen atoms in total. The third kappa shape index (κ3) is 3.63. The smallest absolute Gasteiger partial charge is 0.311 e. The zero-order valence-corrected chi connectivity index (χ0v) is 11.6. The van der Waals surface area contributed by atoms with Crippen molar-refractivity contribution in [2.45, 2.75) is 0 Å². The number of hydrogen-bond acceptors (Lipinski definition) is 6. The highest BCUT2D eigenvalue weighted by Crippen LogP contribution is 2.26. The van der Waals surface area contributed by atoms with Crippen molar-refractivity contribution in [2.24, 2.45) is 5.10 Å². The number of hydrazone groups is 1. The minimum atomic E-state index is -0.553. The molecule has 2 aromatic rings. The molecule has 0 fully saturated rings. The van der Waals surface area contributed by atoms with E-state index in [9.17, 15) is 14.9 Å². The van der Waals surface area contributed by atoms with E-state index in [0.29, 0.717) is 5.56 Å². The normalized spacial score (nSPS) is 10.4. The molecule has 112 valence electrons. The van der Waals surface area contributed by atoms with Crippen molar-refractivity contribution in [3.05, 3.63) is 64.0 Å². The number of nitrogens with one attached hydrogen (secondary N) is 1. The van der Waals surface area contributed by atoms with E-state index in [2.05, 4.69) is 15.5 Å². The molecule has 0 aliphatic heterocycles. The van der Waals surface area contributed by atoms with Crippen LogP contribution in [0.2, 0.25) is 0 Å². The molecular formula is C14H12N4O4. The molecule has 8 heteroatoms. The summed E-state index contributed by atoms with van der Waals surface area (Å²) in [5, 5.41) is 14.6. The Labute approximate surface area is 125 Å². The second-order valence-electron chi connectivity index (χ2n) is 4.10. The first-order valence-electron chi connectivity index (χ1n) is 6.18. The van der Waals surface area contributed by atoms with Crippen LogP contribution in [0.4, 0.5) is 5.69 Å². The molecule has 1 N–H and O–H groups in total. The van der Waals surface area contributed by atoms with Gasteiger partial charge in [0.15, 0.2) is 5.75 Å². The topological polar surface area (TPSA) is 107 Å². The SMILES string of the molecule is COc1ccc(C=NNC(=O)c2ccccn2)cc1[N+](=O)[O-]. The average Bonchev–Trinajstić information content (AvgIpc) is 2.55. The molecule has 2 rings (SSSR count). The van der Waals surface area contributed by atoms with E-state index in [-0.39, 0.29) is 17.1 Å². The zero-order valence-electron chi connectivity index (χ0n) is 11.6. The Hall–Kier alpha value is -3.29. The first-order valence-corrected chi connectivity index (χ1v) is 6.18. The van der Waals surface area contributed by atoms with Crippen LogP contribution < -0.4 is 10.2 Å². The number of pyridine rings is 1. The fourth-order valence-electron chi connectivity index (χ4n) is 1.65. The largest absolute Gasteiger partial charge is 0.490 e. The Balaban J connectivity index is 2.09. The molecule has 0 radical (unpaired) electrons. The molecule has 1 aromatic carbocycles. The van der Waals surface area contributed by atoms with E-state index in [1.54, 1.807) is 24.3 Å². The lowest BCUT2D eigenvalue weighted by Crippen LogP contribution is -2.18. The number of benzene rings is 1. The van der Waals surface area contributed by atoms with Gasteiger partial charge in [0.25, 0.3) is 5.91 Å². The molecule has 1 amide bonds. The van der Waals surface area contributed by atoms with Gasteiger partial charge >= 0.3 is 5.69 Å². The van der Waals surface area contributed by atoms with Crippen LogP contribution in [0.3, 0.4) is 0 Å². The Kier molecular flexibility index (Phi) is 4.76. The van der Waals surface area contributed by atoms with Crippen LogP contribution in [0.5, 0.6) is 5.75 Å². The number of carbonyl (C=O) groups is 1. The molecule has 0 unspecified atom stereocenters. The number of methoxy groups -OCH3 is 1. The van der Waals surface area contributed by atoms with Crippen molar-refractivity contribution in [1.82, 2.24) is 10.4 Å². The Morgan fingerprint density at radius 3 is 2.86 bits per heavy atom.